The first kappa shape index (κ1) is 20.1. The molecular formula is C24H24N2O3. The Labute approximate surface area is 170 Å². The van der Waals surface area contributed by atoms with E-state index in [4.69, 9.17) is 4.74 Å². The van der Waals surface area contributed by atoms with Gasteiger partial charge in [0.05, 0.1) is 12.7 Å². The molecule has 0 aliphatic heterocycles. The lowest BCUT2D eigenvalue weighted by atomic mass is 10.0. The maximum Gasteiger partial charge on any atom is 0.337 e. The van der Waals surface area contributed by atoms with E-state index in [9.17, 15) is 9.59 Å². The summed E-state index contributed by atoms with van der Waals surface area (Å²) in [7, 11) is 1.34. The lowest BCUT2D eigenvalue weighted by Gasteiger charge is -2.21. The van der Waals surface area contributed by atoms with Crippen molar-refractivity contribution in [2.24, 2.45) is 0 Å². The van der Waals surface area contributed by atoms with E-state index in [0.717, 1.165) is 28.1 Å². The zero-order valence-corrected chi connectivity index (χ0v) is 16.7. The first-order chi connectivity index (χ1) is 14.0. The SMILES string of the molecule is COC(=O)c1ccc(N[C@@H](C(=O)Nc2cc(C)ccc2C)c2ccccc2)cc1. The van der Waals surface area contributed by atoms with Gasteiger partial charge in [-0.3, -0.25) is 4.79 Å². The van der Waals surface area contributed by atoms with Gasteiger partial charge in [0.15, 0.2) is 0 Å². The summed E-state index contributed by atoms with van der Waals surface area (Å²) in [5.41, 5.74) is 4.88. The van der Waals surface area contributed by atoms with Crippen molar-refractivity contribution in [3.05, 3.63) is 95.1 Å². The molecule has 148 valence electrons. The summed E-state index contributed by atoms with van der Waals surface area (Å²) >= 11 is 0. The first-order valence-corrected chi connectivity index (χ1v) is 9.36. The quantitative estimate of drug-likeness (QED) is 0.591. The predicted molar refractivity (Wildman–Crippen MR) is 115 cm³/mol. The van der Waals surface area contributed by atoms with Crippen LogP contribution in [0.2, 0.25) is 0 Å². The molecule has 2 N–H and O–H groups in total. The zero-order chi connectivity index (χ0) is 20.8. The van der Waals surface area contributed by atoms with Gasteiger partial charge in [0.1, 0.15) is 6.04 Å². The Morgan fingerprint density at radius 1 is 0.897 bits per heavy atom. The van der Waals surface area contributed by atoms with E-state index in [-0.39, 0.29) is 5.91 Å². The monoisotopic (exact) mass is 388 g/mol. The minimum atomic E-state index is -0.597. The Bertz CT molecular complexity index is 998. The van der Waals surface area contributed by atoms with Gasteiger partial charge in [0, 0.05) is 11.4 Å². The molecule has 0 aromatic heterocycles. The topological polar surface area (TPSA) is 67.4 Å². The average Bonchev–Trinajstić information content (AvgIpc) is 2.75. The molecule has 29 heavy (non-hydrogen) atoms. The molecule has 0 fully saturated rings. The molecule has 1 amide bonds. The molecule has 3 aromatic carbocycles. The van der Waals surface area contributed by atoms with Crippen LogP contribution in [0, 0.1) is 13.8 Å². The molecule has 0 radical (unpaired) electrons. The van der Waals surface area contributed by atoms with Gasteiger partial charge in [-0.05, 0) is 60.9 Å². The number of carbonyl (C=O) groups is 2. The maximum absolute atomic E-state index is 13.2. The van der Waals surface area contributed by atoms with E-state index in [1.807, 2.05) is 62.4 Å². The molecule has 0 saturated carbocycles. The number of nitrogens with one attached hydrogen (secondary N) is 2. The Balaban J connectivity index is 1.86. The lowest BCUT2D eigenvalue weighted by molar-refractivity contribution is -0.117. The summed E-state index contributed by atoms with van der Waals surface area (Å²) in [4.78, 5) is 24.8. The van der Waals surface area contributed by atoms with Crippen LogP contribution < -0.4 is 10.6 Å². The largest absolute Gasteiger partial charge is 0.465 e. The van der Waals surface area contributed by atoms with E-state index in [0.29, 0.717) is 5.56 Å². The Hall–Kier alpha value is -3.60. The number of benzene rings is 3. The van der Waals surface area contributed by atoms with Crippen LogP contribution >= 0.6 is 0 Å². The van der Waals surface area contributed by atoms with Gasteiger partial charge in [-0.1, -0.05) is 42.5 Å². The number of aryl methyl sites for hydroxylation is 2. The fraction of sp³-hybridized carbons (Fsp3) is 0.167. The first-order valence-electron chi connectivity index (χ1n) is 9.36. The fourth-order valence-electron chi connectivity index (χ4n) is 3.01. The number of ether oxygens (including phenoxy) is 1. The Kier molecular flexibility index (Phi) is 6.29. The van der Waals surface area contributed by atoms with Gasteiger partial charge < -0.3 is 15.4 Å². The second-order valence-electron chi connectivity index (χ2n) is 6.86. The number of methoxy groups -OCH3 is 1. The molecule has 0 bridgehead atoms. The molecule has 0 heterocycles. The normalized spacial score (nSPS) is 11.4. The van der Waals surface area contributed by atoms with Crippen LogP contribution in [-0.4, -0.2) is 19.0 Å². The average molecular weight is 388 g/mol. The molecule has 0 aliphatic carbocycles. The van der Waals surface area contributed by atoms with Crippen LogP contribution in [-0.2, 0) is 9.53 Å². The highest BCUT2D eigenvalue weighted by atomic mass is 16.5. The zero-order valence-electron chi connectivity index (χ0n) is 16.7. The van der Waals surface area contributed by atoms with Crippen LogP contribution in [0.1, 0.15) is 33.1 Å². The molecule has 1 atom stereocenters. The smallest absolute Gasteiger partial charge is 0.337 e. The van der Waals surface area contributed by atoms with Crippen LogP contribution in [0.4, 0.5) is 11.4 Å². The summed E-state index contributed by atoms with van der Waals surface area (Å²) in [5, 5.41) is 6.30. The van der Waals surface area contributed by atoms with Crippen molar-refractivity contribution in [2.75, 3.05) is 17.7 Å². The molecule has 0 unspecified atom stereocenters. The molecular weight excluding hydrogens is 364 g/mol. The molecule has 3 aromatic rings. The van der Waals surface area contributed by atoms with Gasteiger partial charge in [0.25, 0.3) is 5.91 Å². The fourth-order valence-corrected chi connectivity index (χ4v) is 3.01. The number of hydrogen-bond donors (Lipinski definition) is 2. The van der Waals surface area contributed by atoms with E-state index >= 15 is 0 Å². The number of amides is 1. The third-order valence-electron chi connectivity index (χ3n) is 4.66. The van der Waals surface area contributed by atoms with Crippen LogP contribution in [0.3, 0.4) is 0 Å². The van der Waals surface area contributed by atoms with Crippen molar-refractivity contribution < 1.29 is 14.3 Å². The third kappa shape index (κ3) is 5.02. The minimum absolute atomic E-state index is 0.165. The van der Waals surface area contributed by atoms with E-state index in [1.165, 1.54) is 7.11 Å². The highest BCUT2D eigenvalue weighted by Crippen LogP contribution is 2.24. The molecule has 0 saturated heterocycles. The van der Waals surface area contributed by atoms with E-state index in [1.54, 1.807) is 24.3 Å². The highest BCUT2D eigenvalue weighted by molar-refractivity contribution is 5.98. The van der Waals surface area contributed by atoms with Crippen molar-refractivity contribution in [1.29, 1.82) is 0 Å². The summed E-state index contributed by atoms with van der Waals surface area (Å²) in [6.07, 6.45) is 0. The molecule has 3 rings (SSSR count). The number of carbonyl (C=O) groups excluding carboxylic acids is 2. The molecule has 5 nitrogen and oxygen atoms in total. The molecule has 0 spiro atoms. The number of anilines is 2. The third-order valence-corrected chi connectivity index (χ3v) is 4.66. The van der Waals surface area contributed by atoms with Crippen molar-refractivity contribution in [3.63, 3.8) is 0 Å². The van der Waals surface area contributed by atoms with Gasteiger partial charge in [-0.15, -0.1) is 0 Å². The summed E-state index contributed by atoms with van der Waals surface area (Å²) < 4.78 is 4.73. The van der Waals surface area contributed by atoms with Crippen molar-refractivity contribution in [2.45, 2.75) is 19.9 Å². The Morgan fingerprint density at radius 2 is 1.59 bits per heavy atom. The van der Waals surface area contributed by atoms with Crippen LogP contribution in [0.15, 0.2) is 72.8 Å². The highest BCUT2D eigenvalue weighted by Gasteiger charge is 2.21. The second-order valence-corrected chi connectivity index (χ2v) is 6.86. The number of rotatable bonds is 6. The van der Waals surface area contributed by atoms with Crippen LogP contribution in [0.5, 0.6) is 0 Å². The summed E-state index contributed by atoms with van der Waals surface area (Å²) in [6, 6.07) is 21.7. The Morgan fingerprint density at radius 3 is 2.24 bits per heavy atom. The van der Waals surface area contributed by atoms with Gasteiger partial charge in [-0.2, -0.15) is 0 Å². The van der Waals surface area contributed by atoms with Gasteiger partial charge >= 0.3 is 5.97 Å². The van der Waals surface area contributed by atoms with Gasteiger partial charge in [0.2, 0.25) is 0 Å². The second kappa shape index (κ2) is 9.06. The van der Waals surface area contributed by atoms with Crippen LogP contribution in [0.25, 0.3) is 0 Å². The summed E-state index contributed by atoms with van der Waals surface area (Å²) in [6.45, 7) is 3.95. The summed E-state index contributed by atoms with van der Waals surface area (Å²) in [5.74, 6) is -0.564. The lowest BCUT2D eigenvalue weighted by Crippen LogP contribution is -2.27. The standard InChI is InChI=1S/C24H24N2O3/c1-16-9-10-17(2)21(15-16)26-23(27)22(18-7-5-4-6-8-18)25-20-13-11-19(12-14-20)24(28)29-3/h4-15,22,25H,1-3H3,(H,26,27)/t22-/m1/s1. The molecule has 5 heteroatoms. The van der Waals surface area contributed by atoms with E-state index in [2.05, 4.69) is 10.6 Å². The maximum atomic E-state index is 13.2. The number of esters is 1. The van der Waals surface area contributed by atoms with Crippen molar-refractivity contribution in [1.82, 2.24) is 0 Å². The van der Waals surface area contributed by atoms with Crippen molar-refractivity contribution in [3.8, 4) is 0 Å². The van der Waals surface area contributed by atoms with Crippen molar-refractivity contribution >= 4 is 23.3 Å². The predicted octanol–water partition coefficient (Wildman–Crippen LogP) is 4.88. The minimum Gasteiger partial charge on any atom is -0.465 e. The number of hydrogen-bond acceptors (Lipinski definition) is 4. The molecule has 0 aliphatic rings. The van der Waals surface area contributed by atoms with E-state index < -0.39 is 12.0 Å². The van der Waals surface area contributed by atoms with Gasteiger partial charge in [-0.25, -0.2) is 4.79 Å².